The molecule has 0 spiro atoms. The minimum atomic E-state index is -0.579. The molecule has 1 N–H and O–H groups in total. The largest absolute Gasteiger partial charge is 0.494 e. The second-order valence-electron chi connectivity index (χ2n) is 3.12. The van der Waals surface area contributed by atoms with E-state index in [9.17, 15) is 5.11 Å². The van der Waals surface area contributed by atoms with E-state index in [1.807, 2.05) is 22.7 Å². The quantitative estimate of drug-likeness (QED) is 0.782. The van der Waals surface area contributed by atoms with Gasteiger partial charge in [-0.25, -0.2) is 4.98 Å². The zero-order chi connectivity index (χ0) is 10.1. The number of imidazole rings is 1. The summed E-state index contributed by atoms with van der Waals surface area (Å²) in [5.74, 6) is 1.38. The lowest BCUT2D eigenvalue weighted by Crippen LogP contribution is -1.99. The molecule has 2 heterocycles. The Kier molecular flexibility index (Phi) is 2.13. The molecule has 0 bridgehead atoms. The molecule has 0 radical (unpaired) electrons. The molecule has 4 heteroatoms. The van der Waals surface area contributed by atoms with E-state index in [1.165, 1.54) is 0 Å². The molecule has 0 aromatic carbocycles. The molecule has 1 atom stereocenters. The molecule has 0 fully saturated rings. The highest BCUT2D eigenvalue weighted by molar-refractivity contribution is 5.59. The molecular formula is C10H12N2O2. The molecule has 2 rings (SSSR count). The van der Waals surface area contributed by atoms with E-state index in [4.69, 9.17) is 4.74 Å². The van der Waals surface area contributed by atoms with Crippen LogP contribution in [0.15, 0.2) is 24.5 Å². The van der Waals surface area contributed by atoms with Crippen LogP contribution in [0.3, 0.4) is 0 Å². The normalized spacial score (nSPS) is 13.1. The van der Waals surface area contributed by atoms with Crippen molar-refractivity contribution in [3.05, 3.63) is 30.4 Å². The minimum Gasteiger partial charge on any atom is -0.494 e. The summed E-state index contributed by atoms with van der Waals surface area (Å²) in [6.45, 7) is 1.69. The second-order valence-corrected chi connectivity index (χ2v) is 3.12. The van der Waals surface area contributed by atoms with Crippen LogP contribution < -0.4 is 4.74 Å². The molecule has 0 saturated carbocycles. The van der Waals surface area contributed by atoms with Crippen molar-refractivity contribution in [1.29, 1.82) is 0 Å². The molecule has 0 saturated heterocycles. The molecule has 0 aliphatic rings. The highest BCUT2D eigenvalue weighted by atomic mass is 16.5. The molecule has 74 valence electrons. The highest BCUT2D eigenvalue weighted by Gasteiger charge is 2.10. The van der Waals surface area contributed by atoms with Gasteiger partial charge in [0.1, 0.15) is 23.2 Å². The summed E-state index contributed by atoms with van der Waals surface area (Å²) in [6, 6.07) is 3.72. The van der Waals surface area contributed by atoms with E-state index in [-0.39, 0.29) is 0 Å². The van der Waals surface area contributed by atoms with Gasteiger partial charge >= 0.3 is 0 Å². The predicted molar refractivity (Wildman–Crippen MR) is 52.4 cm³/mol. The highest BCUT2D eigenvalue weighted by Crippen LogP contribution is 2.22. The van der Waals surface area contributed by atoms with Gasteiger partial charge in [-0.05, 0) is 19.1 Å². The average molecular weight is 192 g/mol. The van der Waals surface area contributed by atoms with Crippen LogP contribution in [0.5, 0.6) is 5.75 Å². The van der Waals surface area contributed by atoms with E-state index in [1.54, 1.807) is 20.2 Å². The van der Waals surface area contributed by atoms with Crippen LogP contribution >= 0.6 is 0 Å². The predicted octanol–water partition coefficient (Wildman–Crippen LogP) is 1.40. The molecule has 1 unspecified atom stereocenters. The van der Waals surface area contributed by atoms with Gasteiger partial charge in [0.25, 0.3) is 0 Å². The van der Waals surface area contributed by atoms with Crippen molar-refractivity contribution >= 4 is 5.52 Å². The van der Waals surface area contributed by atoms with Gasteiger partial charge in [0.05, 0.1) is 13.3 Å². The first-order chi connectivity index (χ1) is 6.74. The Bertz CT molecular complexity index is 448. The van der Waals surface area contributed by atoms with Gasteiger partial charge in [0, 0.05) is 6.20 Å². The molecule has 4 nitrogen and oxygen atoms in total. The Morgan fingerprint density at radius 2 is 2.36 bits per heavy atom. The maximum absolute atomic E-state index is 9.45. The van der Waals surface area contributed by atoms with Crippen LogP contribution in [-0.2, 0) is 0 Å². The van der Waals surface area contributed by atoms with Gasteiger partial charge in [-0.1, -0.05) is 0 Å². The van der Waals surface area contributed by atoms with Crippen LogP contribution in [0, 0.1) is 0 Å². The average Bonchev–Trinajstić information content (AvgIpc) is 2.60. The second kappa shape index (κ2) is 3.31. The first-order valence-electron chi connectivity index (χ1n) is 4.42. The van der Waals surface area contributed by atoms with Gasteiger partial charge in [-0.2, -0.15) is 0 Å². The summed E-state index contributed by atoms with van der Waals surface area (Å²) in [4.78, 5) is 4.14. The lowest BCUT2D eigenvalue weighted by atomic mass is 10.3. The standard InChI is InChI=1S/C10H12N2O2/c1-7(13)10-11-6-8-9(14-2)4-3-5-12(8)10/h3-7,13H,1-2H3. The van der Waals surface area contributed by atoms with E-state index < -0.39 is 6.10 Å². The van der Waals surface area contributed by atoms with E-state index in [2.05, 4.69) is 4.98 Å². The number of hydrogen-bond donors (Lipinski definition) is 1. The Morgan fingerprint density at radius 1 is 1.57 bits per heavy atom. The maximum atomic E-state index is 9.45. The summed E-state index contributed by atoms with van der Waals surface area (Å²) in [5.41, 5.74) is 0.867. The minimum absolute atomic E-state index is 0.579. The smallest absolute Gasteiger partial charge is 0.144 e. The van der Waals surface area contributed by atoms with Gasteiger partial charge in [-0.15, -0.1) is 0 Å². The summed E-state index contributed by atoms with van der Waals surface area (Å²) < 4.78 is 7.00. The summed E-state index contributed by atoms with van der Waals surface area (Å²) in [5, 5.41) is 9.45. The topological polar surface area (TPSA) is 46.8 Å². The number of aromatic nitrogens is 2. The molecule has 2 aromatic rings. The van der Waals surface area contributed by atoms with Gasteiger partial charge in [0.15, 0.2) is 0 Å². The lowest BCUT2D eigenvalue weighted by molar-refractivity contribution is 0.188. The SMILES string of the molecule is COc1cccn2c(C(C)O)ncc12. The van der Waals surface area contributed by atoms with Crippen LogP contribution in [0.1, 0.15) is 18.9 Å². The van der Waals surface area contributed by atoms with Crippen LogP contribution in [0.2, 0.25) is 0 Å². The van der Waals surface area contributed by atoms with Crippen molar-refractivity contribution in [3.8, 4) is 5.75 Å². The van der Waals surface area contributed by atoms with E-state index in [0.29, 0.717) is 5.82 Å². The Labute approximate surface area is 81.8 Å². The fourth-order valence-corrected chi connectivity index (χ4v) is 1.50. The zero-order valence-electron chi connectivity index (χ0n) is 8.14. The summed E-state index contributed by atoms with van der Waals surface area (Å²) in [7, 11) is 1.62. The van der Waals surface area contributed by atoms with Crippen molar-refractivity contribution in [2.24, 2.45) is 0 Å². The van der Waals surface area contributed by atoms with E-state index in [0.717, 1.165) is 11.3 Å². The van der Waals surface area contributed by atoms with Crippen LogP contribution in [-0.4, -0.2) is 21.6 Å². The third-order valence-corrected chi connectivity index (χ3v) is 2.15. The number of fused-ring (bicyclic) bond motifs is 1. The molecule has 0 aliphatic carbocycles. The fraction of sp³-hybridized carbons (Fsp3) is 0.300. The van der Waals surface area contributed by atoms with Crippen molar-refractivity contribution in [3.63, 3.8) is 0 Å². The number of aliphatic hydroxyl groups excluding tert-OH is 1. The Morgan fingerprint density at radius 3 is 3.00 bits per heavy atom. The van der Waals surface area contributed by atoms with E-state index >= 15 is 0 Å². The first-order valence-corrected chi connectivity index (χ1v) is 4.42. The fourth-order valence-electron chi connectivity index (χ4n) is 1.50. The molecular weight excluding hydrogens is 180 g/mol. The lowest BCUT2D eigenvalue weighted by Gasteiger charge is -2.05. The third kappa shape index (κ3) is 1.24. The van der Waals surface area contributed by atoms with Crippen molar-refractivity contribution in [2.45, 2.75) is 13.0 Å². The molecule has 0 amide bonds. The number of aliphatic hydroxyl groups is 1. The first kappa shape index (κ1) is 9.02. The molecule has 0 aliphatic heterocycles. The van der Waals surface area contributed by atoms with Crippen molar-refractivity contribution in [1.82, 2.24) is 9.38 Å². The number of hydrogen-bond acceptors (Lipinski definition) is 3. The molecule has 2 aromatic heterocycles. The number of ether oxygens (including phenoxy) is 1. The zero-order valence-corrected chi connectivity index (χ0v) is 8.14. The van der Waals surface area contributed by atoms with Gasteiger partial charge < -0.3 is 9.84 Å². The summed E-state index contributed by atoms with van der Waals surface area (Å²) >= 11 is 0. The van der Waals surface area contributed by atoms with Crippen LogP contribution in [0.25, 0.3) is 5.52 Å². The van der Waals surface area contributed by atoms with Gasteiger partial charge in [0.2, 0.25) is 0 Å². The van der Waals surface area contributed by atoms with Crippen LogP contribution in [0.4, 0.5) is 0 Å². The number of rotatable bonds is 2. The number of methoxy groups -OCH3 is 1. The monoisotopic (exact) mass is 192 g/mol. The third-order valence-electron chi connectivity index (χ3n) is 2.15. The maximum Gasteiger partial charge on any atom is 0.144 e. The summed E-state index contributed by atoms with van der Waals surface area (Å²) in [6.07, 6.45) is 2.97. The Balaban J connectivity index is 2.69. The number of pyridine rings is 1. The van der Waals surface area contributed by atoms with Crippen molar-refractivity contribution < 1.29 is 9.84 Å². The van der Waals surface area contributed by atoms with Gasteiger partial charge in [-0.3, -0.25) is 4.40 Å². The van der Waals surface area contributed by atoms with Crippen molar-refractivity contribution in [2.75, 3.05) is 7.11 Å². The molecule has 14 heavy (non-hydrogen) atoms. The number of nitrogens with zero attached hydrogens (tertiary/aromatic N) is 2. The Hall–Kier alpha value is -1.55.